The normalized spacial score (nSPS) is 10.6. The second-order valence-corrected chi connectivity index (χ2v) is 4.49. The molecule has 0 aromatic heterocycles. The smallest absolute Gasteiger partial charge is 0.308 e. The number of nitrogens with one attached hydrogen (secondary N) is 1. The van der Waals surface area contributed by atoms with Gasteiger partial charge in [-0.05, 0) is 12.5 Å². The zero-order valence-corrected chi connectivity index (χ0v) is 10.8. The van der Waals surface area contributed by atoms with Gasteiger partial charge in [0, 0.05) is 13.1 Å². The van der Waals surface area contributed by atoms with Crippen LogP contribution in [0.4, 0.5) is 0 Å². The summed E-state index contributed by atoms with van der Waals surface area (Å²) in [6.07, 6.45) is 0. The van der Waals surface area contributed by atoms with E-state index in [2.05, 4.69) is 30.4 Å². The van der Waals surface area contributed by atoms with Gasteiger partial charge < -0.3 is 10.1 Å². The van der Waals surface area contributed by atoms with Gasteiger partial charge in [0.05, 0.1) is 5.92 Å². The molecule has 0 atom stereocenters. The summed E-state index contributed by atoms with van der Waals surface area (Å²) in [7, 11) is 0. The molecule has 0 fully saturated rings. The number of rotatable bonds is 6. The Kier molecular flexibility index (Phi) is 5.70. The van der Waals surface area contributed by atoms with Gasteiger partial charge in [-0.3, -0.25) is 4.79 Å². The first kappa shape index (κ1) is 13.7. The van der Waals surface area contributed by atoms with Crippen LogP contribution in [0.1, 0.15) is 25.0 Å². The highest BCUT2D eigenvalue weighted by Gasteiger charge is 2.06. The topological polar surface area (TPSA) is 38.3 Å². The zero-order chi connectivity index (χ0) is 12.7. The number of ether oxygens (including phenoxy) is 1. The van der Waals surface area contributed by atoms with Crippen molar-refractivity contribution in [1.82, 2.24) is 5.32 Å². The van der Waals surface area contributed by atoms with E-state index in [-0.39, 0.29) is 11.9 Å². The van der Waals surface area contributed by atoms with Crippen molar-refractivity contribution in [1.29, 1.82) is 0 Å². The summed E-state index contributed by atoms with van der Waals surface area (Å²) >= 11 is 0. The van der Waals surface area contributed by atoms with E-state index < -0.39 is 0 Å². The number of esters is 1. The van der Waals surface area contributed by atoms with Gasteiger partial charge in [-0.1, -0.05) is 43.7 Å². The van der Waals surface area contributed by atoms with Gasteiger partial charge in [-0.2, -0.15) is 0 Å². The van der Waals surface area contributed by atoms with Gasteiger partial charge in [0.1, 0.15) is 6.61 Å². The maximum absolute atomic E-state index is 11.2. The average Bonchev–Trinajstić information content (AvgIpc) is 2.28. The number of hydrogen-bond donors (Lipinski definition) is 1. The SMILES string of the molecule is Cc1cccc(CNCCOC(=O)C(C)C)c1. The van der Waals surface area contributed by atoms with Crippen molar-refractivity contribution in [2.75, 3.05) is 13.2 Å². The number of benzene rings is 1. The maximum atomic E-state index is 11.2. The molecule has 17 heavy (non-hydrogen) atoms. The third-order valence-corrected chi connectivity index (χ3v) is 2.41. The highest BCUT2D eigenvalue weighted by molar-refractivity contribution is 5.71. The predicted molar refractivity (Wildman–Crippen MR) is 68.7 cm³/mol. The molecule has 0 saturated heterocycles. The van der Waals surface area contributed by atoms with E-state index >= 15 is 0 Å². The van der Waals surface area contributed by atoms with Crippen LogP contribution in [0.5, 0.6) is 0 Å². The molecule has 0 aliphatic heterocycles. The van der Waals surface area contributed by atoms with Gasteiger partial charge in [0.25, 0.3) is 0 Å². The van der Waals surface area contributed by atoms with Gasteiger partial charge in [0.15, 0.2) is 0 Å². The lowest BCUT2D eigenvalue weighted by Gasteiger charge is -2.08. The standard InChI is InChI=1S/C14H21NO2/c1-11(2)14(16)17-8-7-15-10-13-6-4-5-12(3)9-13/h4-6,9,11,15H,7-8,10H2,1-3H3. The van der Waals surface area contributed by atoms with Crippen molar-refractivity contribution in [3.8, 4) is 0 Å². The summed E-state index contributed by atoms with van der Waals surface area (Å²) < 4.78 is 5.06. The van der Waals surface area contributed by atoms with Crippen LogP contribution in [0.15, 0.2) is 24.3 Å². The molecule has 3 heteroatoms. The summed E-state index contributed by atoms with van der Waals surface area (Å²) in [5.74, 6) is -0.186. The van der Waals surface area contributed by atoms with Crippen LogP contribution in [-0.4, -0.2) is 19.1 Å². The molecule has 94 valence electrons. The molecule has 0 aliphatic carbocycles. The van der Waals surface area contributed by atoms with E-state index in [1.165, 1.54) is 11.1 Å². The molecule has 0 spiro atoms. The largest absolute Gasteiger partial charge is 0.464 e. The van der Waals surface area contributed by atoms with E-state index in [4.69, 9.17) is 4.74 Å². The summed E-state index contributed by atoms with van der Waals surface area (Å²) in [6, 6.07) is 8.35. The van der Waals surface area contributed by atoms with Gasteiger partial charge >= 0.3 is 5.97 Å². The van der Waals surface area contributed by atoms with Gasteiger partial charge in [-0.15, -0.1) is 0 Å². The first-order chi connectivity index (χ1) is 8.09. The molecule has 0 unspecified atom stereocenters. The number of hydrogen-bond acceptors (Lipinski definition) is 3. The van der Waals surface area contributed by atoms with Crippen molar-refractivity contribution >= 4 is 5.97 Å². The monoisotopic (exact) mass is 235 g/mol. The summed E-state index contributed by atoms with van der Waals surface area (Å²) in [5.41, 5.74) is 2.51. The Balaban J connectivity index is 2.14. The second-order valence-electron chi connectivity index (χ2n) is 4.49. The molecule has 0 amide bonds. The third kappa shape index (κ3) is 5.50. The molecule has 0 aliphatic rings. The number of carbonyl (C=O) groups excluding carboxylic acids is 1. The Bertz CT molecular complexity index is 361. The van der Waals surface area contributed by atoms with Crippen LogP contribution in [0.2, 0.25) is 0 Å². The van der Waals surface area contributed by atoms with Crippen molar-refractivity contribution in [3.05, 3.63) is 35.4 Å². The fourth-order valence-electron chi connectivity index (χ4n) is 1.45. The van der Waals surface area contributed by atoms with E-state index in [9.17, 15) is 4.79 Å². The highest BCUT2D eigenvalue weighted by Crippen LogP contribution is 2.03. The number of carbonyl (C=O) groups is 1. The van der Waals surface area contributed by atoms with E-state index in [0.29, 0.717) is 13.2 Å². The molecule has 3 nitrogen and oxygen atoms in total. The van der Waals surface area contributed by atoms with E-state index in [0.717, 1.165) is 6.54 Å². The van der Waals surface area contributed by atoms with Crippen LogP contribution in [0.3, 0.4) is 0 Å². The predicted octanol–water partition coefficient (Wildman–Crippen LogP) is 2.28. The molecular formula is C14H21NO2. The van der Waals surface area contributed by atoms with Crippen molar-refractivity contribution < 1.29 is 9.53 Å². The van der Waals surface area contributed by atoms with Crippen LogP contribution in [0, 0.1) is 12.8 Å². The fraction of sp³-hybridized carbons (Fsp3) is 0.500. The molecule has 1 aromatic rings. The van der Waals surface area contributed by atoms with Crippen molar-refractivity contribution in [2.45, 2.75) is 27.3 Å². The minimum absolute atomic E-state index is 0.0493. The number of aryl methyl sites for hydroxylation is 1. The van der Waals surface area contributed by atoms with Gasteiger partial charge in [-0.25, -0.2) is 0 Å². The Hall–Kier alpha value is -1.35. The Morgan fingerprint density at radius 2 is 2.18 bits per heavy atom. The first-order valence-electron chi connectivity index (χ1n) is 6.02. The van der Waals surface area contributed by atoms with E-state index in [1.54, 1.807) is 0 Å². The third-order valence-electron chi connectivity index (χ3n) is 2.41. The summed E-state index contributed by atoms with van der Waals surface area (Å²) in [4.78, 5) is 11.2. The van der Waals surface area contributed by atoms with E-state index in [1.807, 2.05) is 19.9 Å². The average molecular weight is 235 g/mol. The lowest BCUT2D eigenvalue weighted by atomic mass is 10.1. The molecule has 1 N–H and O–H groups in total. The quantitative estimate of drug-likeness (QED) is 0.607. The van der Waals surface area contributed by atoms with Crippen LogP contribution in [0.25, 0.3) is 0 Å². The van der Waals surface area contributed by atoms with Crippen molar-refractivity contribution in [3.63, 3.8) is 0 Å². The minimum Gasteiger partial charge on any atom is -0.464 e. The zero-order valence-electron chi connectivity index (χ0n) is 10.8. The highest BCUT2D eigenvalue weighted by atomic mass is 16.5. The molecular weight excluding hydrogens is 214 g/mol. The van der Waals surface area contributed by atoms with Crippen LogP contribution < -0.4 is 5.32 Å². The summed E-state index contributed by atoms with van der Waals surface area (Å²) in [6.45, 7) is 7.68. The second kappa shape index (κ2) is 7.07. The summed E-state index contributed by atoms with van der Waals surface area (Å²) in [5, 5.41) is 3.25. The minimum atomic E-state index is -0.137. The lowest BCUT2D eigenvalue weighted by molar-refractivity contribution is -0.147. The van der Waals surface area contributed by atoms with Gasteiger partial charge in [0.2, 0.25) is 0 Å². The Labute approximate surface area is 103 Å². The molecule has 0 saturated carbocycles. The molecule has 1 rings (SSSR count). The molecule has 0 heterocycles. The first-order valence-corrected chi connectivity index (χ1v) is 6.02. The molecule has 0 bridgehead atoms. The molecule has 0 radical (unpaired) electrons. The maximum Gasteiger partial charge on any atom is 0.308 e. The fourth-order valence-corrected chi connectivity index (χ4v) is 1.45. The Morgan fingerprint density at radius 3 is 2.82 bits per heavy atom. The van der Waals surface area contributed by atoms with Crippen molar-refractivity contribution in [2.24, 2.45) is 5.92 Å². The Morgan fingerprint density at radius 1 is 1.41 bits per heavy atom. The molecule has 1 aromatic carbocycles. The lowest BCUT2D eigenvalue weighted by Crippen LogP contribution is -2.22. The van der Waals surface area contributed by atoms with Crippen LogP contribution >= 0.6 is 0 Å². The van der Waals surface area contributed by atoms with Crippen LogP contribution in [-0.2, 0) is 16.1 Å².